The minimum Gasteiger partial charge on any atom is -0.383 e. The fraction of sp³-hybridized carbons (Fsp3) is 0.429. The van der Waals surface area contributed by atoms with Crippen molar-refractivity contribution in [2.75, 3.05) is 20.3 Å². The van der Waals surface area contributed by atoms with Crippen molar-refractivity contribution in [2.24, 2.45) is 0 Å². The van der Waals surface area contributed by atoms with Crippen molar-refractivity contribution in [3.8, 4) is 0 Å². The molecule has 1 amide bonds. The highest BCUT2D eigenvalue weighted by atomic mass is 16.5. The van der Waals surface area contributed by atoms with Crippen molar-refractivity contribution in [1.29, 1.82) is 0 Å². The average molecular weight is 289 g/mol. The summed E-state index contributed by atoms with van der Waals surface area (Å²) in [5.41, 5.74) is 1.21. The molecule has 1 aromatic heterocycles. The van der Waals surface area contributed by atoms with Gasteiger partial charge in [0.1, 0.15) is 0 Å². The van der Waals surface area contributed by atoms with Gasteiger partial charge in [-0.2, -0.15) is 0 Å². The summed E-state index contributed by atoms with van der Waals surface area (Å²) in [7, 11) is 1.59. The smallest absolute Gasteiger partial charge is 0.227 e. The van der Waals surface area contributed by atoms with Crippen LogP contribution in [0.2, 0.25) is 0 Å². The van der Waals surface area contributed by atoms with Gasteiger partial charge in [0, 0.05) is 20.2 Å². The molecule has 7 nitrogen and oxygen atoms in total. The Kier molecular flexibility index (Phi) is 5.83. The summed E-state index contributed by atoms with van der Waals surface area (Å²) in [6.45, 7) is 1.63. The topological polar surface area (TPSA) is 81.9 Å². The summed E-state index contributed by atoms with van der Waals surface area (Å²) in [6, 6.07) is 10.1. The van der Waals surface area contributed by atoms with E-state index in [1.54, 1.807) is 11.8 Å². The molecule has 2 aromatic rings. The minimum atomic E-state index is -0.109. The standard InChI is InChI=1S/C14H19N5O2/c1-21-10-8-15-14(20)11-13-16-17-18-19(13)9-7-12-5-3-2-4-6-12/h2-6H,7-11H2,1H3,(H,15,20). The molecule has 0 spiro atoms. The number of nitrogens with zero attached hydrogens (tertiary/aromatic N) is 4. The quantitative estimate of drug-likeness (QED) is 0.703. The van der Waals surface area contributed by atoms with Crippen LogP contribution in [0.3, 0.4) is 0 Å². The second kappa shape index (κ2) is 8.11. The van der Waals surface area contributed by atoms with Gasteiger partial charge in [-0.3, -0.25) is 4.79 Å². The van der Waals surface area contributed by atoms with Gasteiger partial charge in [-0.1, -0.05) is 30.3 Å². The zero-order valence-electron chi connectivity index (χ0n) is 12.0. The number of tetrazole rings is 1. The van der Waals surface area contributed by atoms with Gasteiger partial charge < -0.3 is 10.1 Å². The highest BCUT2D eigenvalue weighted by Crippen LogP contribution is 2.02. The Labute approximate surface area is 123 Å². The fourth-order valence-electron chi connectivity index (χ4n) is 1.90. The first-order chi connectivity index (χ1) is 10.3. The molecule has 0 atom stereocenters. The third-order valence-electron chi connectivity index (χ3n) is 3.01. The van der Waals surface area contributed by atoms with Crippen molar-refractivity contribution in [1.82, 2.24) is 25.5 Å². The monoisotopic (exact) mass is 289 g/mol. The summed E-state index contributed by atoms with van der Waals surface area (Å²) in [6.07, 6.45) is 0.996. The number of aromatic nitrogens is 4. The first kappa shape index (κ1) is 15.1. The van der Waals surface area contributed by atoms with Crippen LogP contribution in [-0.2, 0) is 28.9 Å². The number of methoxy groups -OCH3 is 1. The Bertz CT molecular complexity index is 556. The molecule has 0 radical (unpaired) electrons. The maximum Gasteiger partial charge on any atom is 0.227 e. The highest BCUT2D eigenvalue weighted by Gasteiger charge is 2.11. The molecule has 0 aliphatic heterocycles. The lowest BCUT2D eigenvalue weighted by Gasteiger charge is -2.06. The van der Waals surface area contributed by atoms with Crippen molar-refractivity contribution in [2.45, 2.75) is 19.4 Å². The molecule has 0 saturated heterocycles. The van der Waals surface area contributed by atoms with Gasteiger partial charge in [0.05, 0.1) is 13.0 Å². The third-order valence-corrected chi connectivity index (χ3v) is 3.01. The van der Waals surface area contributed by atoms with Crippen LogP contribution in [0.25, 0.3) is 0 Å². The molecule has 0 fully saturated rings. The molecule has 21 heavy (non-hydrogen) atoms. The molecule has 0 unspecified atom stereocenters. The number of hydrogen-bond acceptors (Lipinski definition) is 5. The van der Waals surface area contributed by atoms with Gasteiger partial charge in [0.15, 0.2) is 5.82 Å². The lowest BCUT2D eigenvalue weighted by atomic mass is 10.1. The second-order valence-corrected chi connectivity index (χ2v) is 4.57. The molecule has 1 aromatic carbocycles. The first-order valence-electron chi connectivity index (χ1n) is 6.84. The number of rotatable bonds is 8. The molecule has 0 bridgehead atoms. The maximum atomic E-state index is 11.7. The zero-order chi connectivity index (χ0) is 14.9. The largest absolute Gasteiger partial charge is 0.383 e. The van der Waals surface area contributed by atoms with Gasteiger partial charge in [0.25, 0.3) is 0 Å². The van der Waals surface area contributed by atoms with E-state index in [0.29, 0.717) is 25.5 Å². The summed E-state index contributed by atoms with van der Waals surface area (Å²) in [5, 5.41) is 14.2. The lowest BCUT2D eigenvalue weighted by molar-refractivity contribution is -0.120. The molecule has 112 valence electrons. The Morgan fingerprint density at radius 2 is 2.14 bits per heavy atom. The lowest BCUT2D eigenvalue weighted by Crippen LogP contribution is -2.29. The van der Waals surface area contributed by atoms with Crippen LogP contribution in [-0.4, -0.2) is 46.4 Å². The summed E-state index contributed by atoms with van der Waals surface area (Å²) < 4.78 is 6.55. The van der Waals surface area contributed by atoms with Crippen molar-refractivity contribution in [3.05, 3.63) is 41.7 Å². The molecule has 7 heteroatoms. The zero-order valence-corrected chi connectivity index (χ0v) is 12.0. The molecule has 0 saturated carbocycles. The van der Waals surface area contributed by atoms with E-state index in [0.717, 1.165) is 6.42 Å². The number of benzene rings is 1. The second-order valence-electron chi connectivity index (χ2n) is 4.57. The molecule has 1 N–H and O–H groups in total. The molecule has 1 heterocycles. The van der Waals surface area contributed by atoms with Crippen LogP contribution in [0, 0.1) is 0 Å². The Morgan fingerprint density at radius 3 is 2.90 bits per heavy atom. The predicted molar refractivity (Wildman–Crippen MR) is 76.6 cm³/mol. The van der Waals surface area contributed by atoms with E-state index in [2.05, 4.69) is 33.0 Å². The fourth-order valence-corrected chi connectivity index (χ4v) is 1.90. The van der Waals surface area contributed by atoms with Gasteiger partial charge >= 0.3 is 0 Å². The van der Waals surface area contributed by atoms with E-state index < -0.39 is 0 Å². The summed E-state index contributed by atoms with van der Waals surface area (Å²) in [4.78, 5) is 11.7. The number of aryl methyl sites for hydroxylation is 2. The molecular weight excluding hydrogens is 270 g/mol. The van der Waals surface area contributed by atoms with Crippen LogP contribution in [0.5, 0.6) is 0 Å². The van der Waals surface area contributed by atoms with E-state index in [4.69, 9.17) is 4.74 Å². The molecular formula is C14H19N5O2. The Morgan fingerprint density at radius 1 is 1.33 bits per heavy atom. The normalized spacial score (nSPS) is 10.5. The number of amides is 1. The van der Waals surface area contributed by atoms with E-state index in [1.165, 1.54) is 5.56 Å². The van der Waals surface area contributed by atoms with E-state index in [9.17, 15) is 4.79 Å². The van der Waals surface area contributed by atoms with Crippen LogP contribution in [0.1, 0.15) is 11.4 Å². The number of hydrogen-bond donors (Lipinski definition) is 1. The van der Waals surface area contributed by atoms with Gasteiger partial charge in [-0.15, -0.1) is 5.10 Å². The van der Waals surface area contributed by atoms with Crippen molar-refractivity contribution >= 4 is 5.91 Å². The van der Waals surface area contributed by atoms with Crippen LogP contribution >= 0.6 is 0 Å². The number of ether oxygens (including phenoxy) is 1. The van der Waals surface area contributed by atoms with Gasteiger partial charge in [-0.05, 0) is 22.4 Å². The number of carbonyl (C=O) groups is 1. The first-order valence-corrected chi connectivity index (χ1v) is 6.84. The molecule has 0 aliphatic carbocycles. The van der Waals surface area contributed by atoms with Crippen molar-refractivity contribution < 1.29 is 9.53 Å². The van der Waals surface area contributed by atoms with E-state index >= 15 is 0 Å². The number of carbonyl (C=O) groups excluding carboxylic acids is 1. The molecule has 0 aliphatic rings. The van der Waals surface area contributed by atoms with E-state index in [-0.39, 0.29) is 12.3 Å². The van der Waals surface area contributed by atoms with E-state index in [1.807, 2.05) is 18.2 Å². The Balaban J connectivity index is 1.85. The highest BCUT2D eigenvalue weighted by molar-refractivity contribution is 5.77. The van der Waals surface area contributed by atoms with Crippen LogP contribution in [0.15, 0.2) is 30.3 Å². The Hall–Kier alpha value is -2.28. The average Bonchev–Trinajstić information content (AvgIpc) is 2.93. The third kappa shape index (κ3) is 4.96. The van der Waals surface area contributed by atoms with Crippen molar-refractivity contribution in [3.63, 3.8) is 0 Å². The van der Waals surface area contributed by atoms with Gasteiger partial charge in [0.2, 0.25) is 5.91 Å². The molecule has 2 rings (SSSR count). The summed E-state index contributed by atoms with van der Waals surface area (Å²) in [5.74, 6) is 0.462. The number of nitrogens with one attached hydrogen (secondary N) is 1. The van der Waals surface area contributed by atoms with Gasteiger partial charge in [-0.25, -0.2) is 4.68 Å². The summed E-state index contributed by atoms with van der Waals surface area (Å²) >= 11 is 0. The minimum absolute atomic E-state index is 0.109. The van der Waals surface area contributed by atoms with Crippen LogP contribution in [0.4, 0.5) is 0 Å². The predicted octanol–water partition coefficient (Wildman–Crippen LogP) is 0.221. The van der Waals surface area contributed by atoms with Crippen LogP contribution < -0.4 is 5.32 Å². The SMILES string of the molecule is COCCNC(=O)Cc1nnnn1CCc1ccccc1. The maximum absolute atomic E-state index is 11.7.